The molecule has 0 aromatic carbocycles. The first-order chi connectivity index (χ1) is 9.49. The largest absolute Gasteiger partial charge is 0.481 e. The van der Waals surface area contributed by atoms with Crippen molar-refractivity contribution in [1.82, 2.24) is 16.2 Å². The molecule has 0 aliphatic carbocycles. The van der Waals surface area contributed by atoms with Crippen molar-refractivity contribution >= 4 is 35.0 Å². The van der Waals surface area contributed by atoms with E-state index in [0.29, 0.717) is 4.88 Å². The lowest BCUT2D eigenvalue weighted by molar-refractivity contribution is -0.139. The number of nitrogens with one attached hydrogen (secondary N) is 3. The molecular formula is C11H13N3O5S. The van der Waals surface area contributed by atoms with Crippen molar-refractivity contribution in [1.29, 1.82) is 0 Å². The van der Waals surface area contributed by atoms with Gasteiger partial charge in [0.15, 0.2) is 0 Å². The van der Waals surface area contributed by atoms with Gasteiger partial charge in [-0.25, -0.2) is 0 Å². The van der Waals surface area contributed by atoms with Crippen LogP contribution in [0.4, 0.5) is 0 Å². The summed E-state index contributed by atoms with van der Waals surface area (Å²) >= 11 is 1.24. The second-order valence-corrected chi connectivity index (χ2v) is 4.60. The van der Waals surface area contributed by atoms with E-state index in [1.807, 2.05) is 5.43 Å². The fourth-order valence-corrected chi connectivity index (χ4v) is 1.76. The molecule has 1 heterocycles. The number of carboxylic acids is 1. The average molecular weight is 299 g/mol. The van der Waals surface area contributed by atoms with E-state index in [1.165, 1.54) is 11.3 Å². The van der Waals surface area contributed by atoms with E-state index in [1.54, 1.807) is 17.5 Å². The molecule has 8 nitrogen and oxygen atoms in total. The summed E-state index contributed by atoms with van der Waals surface area (Å²) in [7, 11) is 0. The summed E-state index contributed by atoms with van der Waals surface area (Å²) in [6.07, 6.45) is -0.562. The van der Waals surface area contributed by atoms with Gasteiger partial charge in [-0.1, -0.05) is 6.07 Å². The first-order valence-electron chi connectivity index (χ1n) is 5.60. The zero-order valence-corrected chi connectivity index (χ0v) is 11.2. The number of rotatable bonds is 6. The molecule has 4 N–H and O–H groups in total. The van der Waals surface area contributed by atoms with E-state index in [4.69, 9.17) is 5.11 Å². The first-order valence-corrected chi connectivity index (χ1v) is 6.48. The molecule has 1 aromatic rings. The van der Waals surface area contributed by atoms with Crippen LogP contribution in [0, 0.1) is 0 Å². The molecule has 0 spiro atoms. The van der Waals surface area contributed by atoms with Gasteiger partial charge < -0.3 is 10.4 Å². The number of hydrazine groups is 1. The summed E-state index contributed by atoms with van der Waals surface area (Å²) in [5.41, 5.74) is 4.11. The van der Waals surface area contributed by atoms with Crippen molar-refractivity contribution in [3.05, 3.63) is 22.4 Å². The molecule has 0 aliphatic rings. The molecule has 0 fully saturated rings. The van der Waals surface area contributed by atoms with Gasteiger partial charge in [-0.05, 0) is 11.4 Å². The fourth-order valence-electron chi connectivity index (χ4n) is 1.12. The van der Waals surface area contributed by atoms with Gasteiger partial charge in [0.25, 0.3) is 11.8 Å². The Labute approximate surface area is 118 Å². The average Bonchev–Trinajstić information content (AvgIpc) is 2.94. The summed E-state index contributed by atoms with van der Waals surface area (Å²) in [5.74, 6) is -2.72. The van der Waals surface area contributed by atoms with Crippen molar-refractivity contribution in [3.8, 4) is 0 Å². The molecule has 0 unspecified atom stereocenters. The van der Waals surface area contributed by atoms with Crippen LogP contribution in [0.2, 0.25) is 0 Å². The first kappa shape index (κ1) is 15.6. The number of carbonyl (C=O) groups is 4. The van der Waals surface area contributed by atoms with E-state index in [0.717, 1.165) is 0 Å². The van der Waals surface area contributed by atoms with Gasteiger partial charge in [0, 0.05) is 6.42 Å². The predicted molar refractivity (Wildman–Crippen MR) is 69.8 cm³/mol. The summed E-state index contributed by atoms with van der Waals surface area (Å²) in [6.45, 7) is -0.296. The second kappa shape index (κ2) is 7.89. The third-order valence-electron chi connectivity index (χ3n) is 2.06. The minimum Gasteiger partial charge on any atom is -0.481 e. The molecule has 1 aromatic heterocycles. The molecule has 0 aliphatic heterocycles. The van der Waals surface area contributed by atoms with Gasteiger partial charge in [-0.3, -0.25) is 30.0 Å². The van der Waals surface area contributed by atoms with Crippen molar-refractivity contribution in [2.45, 2.75) is 12.8 Å². The lowest BCUT2D eigenvalue weighted by Gasteiger charge is -2.07. The third kappa shape index (κ3) is 5.96. The molecule has 20 heavy (non-hydrogen) atoms. The fraction of sp³-hybridized carbons (Fsp3) is 0.273. The lowest BCUT2D eigenvalue weighted by Crippen LogP contribution is -2.46. The molecule has 3 amide bonds. The Hall–Kier alpha value is -2.42. The molecule has 0 radical (unpaired) electrons. The number of thiophene rings is 1. The lowest BCUT2D eigenvalue weighted by atomic mass is 10.3. The smallest absolute Gasteiger partial charge is 0.303 e. The Kier molecular flexibility index (Phi) is 6.17. The molecule has 9 heteroatoms. The highest BCUT2D eigenvalue weighted by Crippen LogP contribution is 2.07. The predicted octanol–water partition coefficient (Wildman–Crippen LogP) is -0.510. The van der Waals surface area contributed by atoms with E-state index >= 15 is 0 Å². The Morgan fingerprint density at radius 3 is 2.40 bits per heavy atom. The molecule has 0 bridgehead atoms. The minimum absolute atomic E-state index is 0.239. The quantitative estimate of drug-likeness (QED) is 0.527. The molecule has 0 saturated heterocycles. The molecule has 1 rings (SSSR count). The summed E-state index contributed by atoms with van der Waals surface area (Å²) in [4.78, 5) is 44.6. The zero-order valence-electron chi connectivity index (χ0n) is 10.3. The number of amides is 3. The van der Waals surface area contributed by atoms with Gasteiger partial charge in [0.1, 0.15) is 0 Å². The minimum atomic E-state index is -1.10. The Balaban J connectivity index is 2.19. The van der Waals surface area contributed by atoms with E-state index in [2.05, 4.69) is 10.7 Å². The van der Waals surface area contributed by atoms with E-state index < -0.39 is 17.8 Å². The highest BCUT2D eigenvalue weighted by Gasteiger charge is 2.10. The maximum atomic E-state index is 11.5. The van der Waals surface area contributed by atoms with Crippen LogP contribution in [-0.4, -0.2) is 35.3 Å². The molecule has 0 atom stereocenters. The SMILES string of the molecule is O=C(O)CCC(=O)NNC(=O)CNC(=O)c1cccs1. The van der Waals surface area contributed by atoms with Crippen LogP contribution < -0.4 is 16.2 Å². The maximum absolute atomic E-state index is 11.5. The van der Waals surface area contributed by atoms with E-state index in [9.17, 15) is 19.2 Å². The van der Waals surface area contributed by atoms with Crippen LogP contribution in [0.25, 0.3) is 0 Å². The highest BCUT2D eigenvalue weighted by atomic mass is 32.1. The number of carbonyl (C=O) groups excluding carboxylic acids is 3. The van der Waals surface area contributed by atoms with Gasteiger partial charge in [0.05, 0.1) is 17.8 Å². The second-order valence-electron chi connectivity index (χ2n) is 3.65. The highest BCUT2D eigenvalue weighted by molar-refractivity contribution is 7.12. The van der Waals surface area contributed by atoms with Crippen LogP contribution in [0.3, 0.4) is 0 Å². The zero-order chi connectivity index (χ0) is 15.0. The summed E-state index contributed by atoms with van der Waals surface area (Å²) in [6, 6.07) is 3.33. The van der Waals surface area contributed by atoms with Gasteiger partial charge in [0.2, 0.25) is 5.91 Å². The summed E-state index contributed by atoms with van der Waals surface area (Å²) in [5, 5.41) is 12.5. The number of carboxylic acid groups (broad SMARTS) is 1. The molecular weight excluding hydrogens is 286 g/mol. The van der Waals surface area contributed by atoms with Gasteiger partial charge >= 0.3 is 5.97 Å². The van der Waals surface area contributed by atoms with Crippen LogP contribution in [0.5, 0.6) is 0 Å². The molecule has 0 saturated carbocycles. The van der Waals surface area contributed by atoms with Gasteiger partial charge in [-0.2, -0.15) is 0 Å². The Morgan fingerprint density at radius 2 is 1.80 bits per heavy atom. The van der Waals surface area contributed by atoms with E-state index in [-0.39, 0.29) is 25.3 Å². The number of hydrogen-bond donors (Lipinski definition) is 4. The van der Waals surface area contributed by atoms with Crippen molar-refractivity contribution in [2.24, 2.45) is 0 Å². The third-order valence-corrected chi connectivity index (χ3v) is 2.93. The van der Waals surface area contributed by atoms with Crippen molar-refractivity contribution < 1.29 is 24.3 Å². The number of hydrogen-bond acceptors (Lipinski definition) is 5. The van der Waals surface area contributed by atoms with Gasteiger partial charge in [-0.15, -0.1) is 11.3 Å². The maximum Gasteiger partial charge on any atom is 0.303 e. The van der Waals surface area contributed by atoms with Crippen LogP contribution in [-0.2, 0) is 14.4 Å². The Bertz CT molecular complexity index is 500. The Morgan fingerprint density at radius 1 is 1.10 bits per heavy atom. The topological polar surface area (TPSA) is 125 Å². The van der Waals surface area contributed by atoms with Crippen LogP contribution >= 0.6 is 11.3 Å². The number of aliphatic carboxylic acids is 1. The van der Waals surface area contributed by atoms with Crippen LogP contribution in [0.1, 0.15) is 22.5 Å². The monoisotopic (exact) mass is 299 g/mol. The molecule has 108 valence electrons. The normalized spacial score (nSPS) is 9.60. The standard InChI is InChI=1S/C11H13N3O5S/c15-8(3-4-10(17)18)13-14-9(16)6-12-11(19)7-2-1-5-20-7/h1-2,5H,3-4,6H2,(H,12,19)(H,13,15)(H,14,16)(H,17,18). The van der Waals surface area contributed by atoms with Crippen molar-refractivity contribution in [3.63, 3.8) is 0 Å². The van der Waals surface area contributed by atoms with Crippen LogP contribution in [0.15, 0.2) is 17.5 Å². The summed E-state index contributed by atoms with van der Waals surface area (Å²) < 4.78 is 0. The van der Waals surface area contributed by atoms with Crippen molar-refractivity contribution in [2.75, 3.05) is 6.54 Å².